The van der Waals surface area contributed by atoms with Gasteiger partial charge in [0.1, 0.15) is 11.6 Å². The number of urea groups is 1. The van der Waals surface area contributed by atoms with Gasteiger partial charge in [-0.2, -0.15) is 0 Å². The molecule has 2 aromatic carbocycles. The summed E-state index contributed by atoms with van der Waals surface area (Å²) in [5, 5.41) is 22.3. The molecule has 2 aromatic rings. The van der Waals surface area contributed by atoms with Crippen molar-refractivity contribution in [1.29, 1.82) is 0 Å². The lowest BCUT2D eigenvalue weighted by molar-refractivity contribution is -0.0223. The Bertz CT molecular complexity index is 858. The van der Waals surface area contributed by atoms with E-state index < -0.39 is 23.2 Å². The van der Waals surface area contributed by atoms with E-state index in [9.17, 15) is 23.5 Å². The number of piperidine rings is 1. The van der Waals surface area contributed by atoms with Gasteiger partial charge in [-0.3, -0.25) is 0 Å². The summed E-state index contributed by atoms with van der Waals surface area (Å²) in [4.78, 5) is 24.6. The SMILES string of the molecule is O=C(O)c1ccc(CNC(=O)N2CCC(O)(c3c(F)cccc3F)CC2)cc1. The molecule has 28 heavy (non-hydrogen) atoms. The first-order valence-corrected chi connectivity index (χ1v) is 8.82. The molecule has 2 amide bonds. The van der Waals surface area contributed by atoms with Gasteiger partial charge in [0, 0.05) is 19.6 Å². The molecule has 8 heteroatoms. The van der Waals surface area contributed by atoms with E-state index in [0.29, 0.717) is 0 Å². The maximum absolute atomic E-state index is 14.0. The van der Waals surface area contributed by atoms with Crippen molar-refractivity contribution in [2.24, 2.45) is 0 Å². The minimum atomic E-state index is -1.65. The zero-order valence-corrected chi connectivity index (χ0v) is 15.0. The van der Waals surface area contributed by atoms with Crippen molar-refractivity contribution < 1.29 is 28.6 Å². The van der Waals surface area contributed by atoms with Crippen LogP contribution in [0.5, 0.6) is 0 Å². The zero-order chi connectivity index (χ0) is 20.3. The quantitative estimate of drug-likeness (QED) is 0.749. The summed E-state index contributed by atoms with van der Waals surface area (Å²) in [6.07, 6.45) is 0.0389. The summed E-state index contributed by atoms with van der Waals surface area (Å²) < 4.78 is 28.0. The molecule has 0 aromatic heterocycles. The number of carboxylic acid groups (broad SMARTS) is 1. The van der Waals surface area contributed by atoms with Gasteiger partial charge in [-0.05, 0) is 42.7 Å². The topological polar surface area (TPSA) is 89.9 Å². The van der Waals surface area contributed by atoms with E-state index in [1.54, 1.807) is 12.1 Å². The number of nitrogens with one attached hydrogen (secondary N) is 1. The molecule has 1 fully saturated rings. The average Bonchev–Trinajstić information content (AvgIpc) is 2.66. The second kappa shape index (κ2) is 7.93. The number of aromatic carboxylic acids is 1. The second-order valence-corrected chi connectivity index (χ2v) is 6.78. The summed E-state index contributed by atoms with van der Waals surface area (Å²) >= 11 is 0. The number of hydrogen-bond acceptors (Lipinski definition) is 3. The molecule has 0 aliphatic carbocycles. The van der Waals surface area contributed by atoms with Gasteiger partial charge in [-0.1, -0.05) is 18.2 Å². The first-order chi connectivity index (χ1) is 13.3. The highest BCUT2D eigenvalue weighted by Gasteiger charge is 2.39. The number of carboxylic acids is 1. The summed E-state index contributed by atoms with van der Waals surface area (Å²) in [6, 6.07) is 9.21. The monoisotopic (exact) mass is 390 g/mol. The van der Waals surface area contributed by atoms with Crippen LogP contribution in [0, 0.1) is 11.6 Å². The van der Waals surface area contributed by atoms with E-state index >= 15 is 0 Å². The van der Waals surface area contributed by atoms with Gasteiger partial charge < -0.3 is 20.4 Å². The molecular weight excluding hydrogens is 370 g/mol. The van der Waals surface area contributed by atoms with Crippen molar-refractivity contribution in [3.05, 3.63) is 70.8 Å². The van der Waals surface area contributed by atoms with Crippen LogP contribution in [0.1, 0.15) is 34.3 Å². The number of halogens is 2. The molecule has 3 rings (SSSR count). The van der Waals surface area contributed by atoms with E-state index in [4.69, 9.17) is 5.11 Å². The first-order valence-electron chi connectivity index (χ1n) is 8.82. The van der Waals surface area contributed by atoms with E-state index in [-0.39, 0.29) is 49.6 Å². The predicted molar refractivity (Wildman–Crippen MR) is 96.7 cm³/mol. The van der Waals surface area contributed by atoms with Gasteiger partial charge in [-0.15, -0.1) is 0 Å². The lowest BCUT2D eigenvalue weighted by atomic mass is 9.84. The molecular formula is C20H20F2N2O4. The summed E-state index contributed by atoms with van der Waals surface area (Å²) in [5.41, 5.74) is -1.11. The van der Waals surface area contributed by atoms with Crippen molar-refractivity contribution in [2.75, 3.05) is 13.1 Å². The number of hydrogen-bond donors (Lipinski definition) is 3. The standard InChI is InChI=1S/C20H20F2N2O4/c21-15-2-1-3-16(22)17(15)20(28)8-10-24(11-9-20)19(27)23-12-13-4-6-14(7-5-13)18(25)26/h1-7,28H,8-12H2,(H,23,27)(H,25,26). The van der Waals surface area contributed by atoms with E-state index in [1.165, 1.54) is 23.1 Å². The number of aliphatic hydroxyl groups is 1. The second-order valence-electron chi connectivity index (χ2n) is 6.78. The van der Waals surface area contributed by atoms with Crippen LogP contribution in [0.15, 0.2) is 42.5 Å². The Morgan fingerprint density at radius 3 is 2.14 bits per heavy atom. The lowest BCUT2D eigenvalue weighted by Crippen LogP contribution is -2.49. The summed E-state index contributed by atoms with van der Waals surface area (Å²) in [5.74, 6) is -2.63. The lowest BCUT2D eigenvalue weighted by Gasteiger charge is -2.38. The number of nitrogens with zero attached hydrogens (tertiary/aromatic N) is 1. The maximum Gasteiger partial charge on any atom is 0.335 e. The fourth-order valence-electron chi connectivity index (χ4n) is 3.33. The normalized spacial score (nSPS) is 15.9. The van der Waals surface area contributed by atoms with Crippen LogP contribution in [0.4, 0.5) is 13.6 Å². The van der Waals surface area contributed by atoms with E-state index in [0.717, 1.165) is 17.7 Å². The Hall–Kier alpha value is -3.00. The van der Waals surface area contributed by atoms with Gasteiger partial charge in [0.25, 0.3) is 0 Å². The molecule has 0 unspecified atom stereocenters. The largest absolute Gasteiger partial charge is 0.478 e. The fourth-order valence-corrected chi connectivity index (χ4v) is 3.33. The third-order valence-electron chi connectivity index (χ3n) is 4.95. The number of carbonyl (C=O) groups is 2. The van der Waals surface area contributed by atoms with Crippen molar-refractivity contribution in [1.82, 2.24) is 10.2 Å². The zero-order valence-electron chi connectivity index (χ0n) is 15.0. The van der Waals surface area contributed by atoms with Gasteiger partial charge >= 0.3 is 12.0 Å². The number of benzene rings is 2. The number of likely N-dealkylation sites (tertiary alicyclic amines) is 1. The van der Waals surface area contributed by atoms with Gasteiger partial charge in [0.05, 0.1) is 16.7 Å². The van der Waals surface area contributed by atoms with Crippen LogP contribution in [0.2, 0.25) is 0 Å². The van der Waals surface area contributed by atoms with Crippen LogP contribution >= 0.6 is 0 Å². The summed E-state index contributed by atoms with van der Waals surface area (Å²) in [6.45, 7) is 0.504. The third kappa shape index (κ3) is 4.12. The Morgan fingerprint density at radius 1 is 1.04 bits per heavy atom. The van der Waals surface area contributed by atoms with Crippen LogP contribution in [0.3, 0.4) is 0 Å². The Balaban J connectivity index is 1.57. The van der Waals surface area contributed by atoms with Crippen LogP contribution in [-0.4, -0.2) is 40.2 Å². The smallest absolute Gasteiger partial charge is 0.335 e. The molecule has 6 nitrogen and oxygen atoms in total. The van der Waals surface area contributed by atoms with Crippen LogP contribution in [0.25, 0.3) is 0 Å². The van der Waals surface area contributed by atoms with Crippen molar-refractivity contribution in [3.63, 3.8) is 0 Å². The highest BCUT2D eigenvalue weighted by Crippen LogP contribution is 2.35. The van der Waals surface area contributed by atoms with Crippen molar-refractivity contribution >= 4 is 12.0 Å². The molecule has 1 aliphatic heterocycles. The Morgan fingerprint density at radius 2 is 1.61 bits per heavy atom. The fraction of sp³-hybridized carbons (Fsp3) is 0.300. The number of rotatable bonds is 4. The highest BCUT2D eigenvalue weighted by atomic mass is 19.1. The van der Waals surface area contributed by atoms with Gasteiger partial charge in [0.2, 0.25) is 0 Å². The molecule has 148 valence electrons. The molecule has 0 spiro atoms. The van der Waals surface area contributed by atoms with Gasteiger partial charge in [-0.25, -0.2) is 18.4 Å². The minimum absolute atomic E-state index is 0.0194. The van der Waals surface area contributed by atoms with Crippen LogP contribution < -0.4 is 5.32 Å². The van der Waals surface area contributed by atoms with Crippen molar-refractivity contribution in [3.8, 4) is 0 Å². The molecule has 0 saturated carbocycles. The highest BCUT2D eigenvalue weighted by molar-refractivity contribution is 5.87. The van der Waals surface area contributed by atoms with E-state index in [2.05, 4.69) is 5.32 Å². The predicted octanol–water partition coefficient (Wildman–Crippen LogP) is 2.86. The minimum Gasteiger partial charge on any atom is -0.478 e. The van der Waals surface area contributed by atoms with Crippen molar-refractivity contribution in [2.45, 2.75) is 25.0 Å². The average molecular weight is 390 g/mol. The maximum atomic E-state index is 14.0. The molecule has 1 saturated heterocycles. The molecule has 0 bridgehead atoms. The van der Waals surface area contributed by atoms with Crippen LogP contribution in [-0.2, 0) is 12.1 Å². The third-order valence-corrected chi connectivity index (χ3v) is 4.95. The van der Waals surface area contributed by atoms with E-state index in [1.807, 2.05) is 0 Å². The number of amides is 2. The molecule has 1 heterocycles. The molecule has 0 radical (unpaired) electrons. The molecule has 3 N–H and O–H groups in total. The Labute approximate surface area is 160 Å². The first kappa shape index (κ1) is 19.8. The Kier molecular flexibility index (Phi) is 5.60. The van der Waals surface area contributed by atoms with Gasteiger partial charge in [0.15, 0.2) is 0 Å². The summed E-state index contributed by atoms with van der Waals surface area (Å²) in [7, 11) is 0. The molecule has 1 aliphatic rings. The molecule has 0 atom stereocenters. The number of carbonyl (C=O) groups excluding carboxylic acids is 1.